The number of hydrogen-bond acceptors (Lipinski definition) is 4. The normalized spacial score (nSPS) is 27.1. The summed E-state index contributed by atoms with van der Waals surface area (Å²) in [7, 11) is 0. The maximum absolute atomic E-state index is 13.4. The number of halogens is 1. The molecule has 0 radical (unpaired) electrons. The van der Waals surface area contributed by atoms with E-state index >= 15 is 0 Å². The average Bonchev–Trinajstić information content (AvgIpc) is 2.74. The third-order valence-electron chi connectivity index (χ3n) is 6.98. The van der Waals surface area contributed by atoms with Crippen molar-refractivity contribution in [3.63, 3.8) is 0 Å². The summed E-state index contributed by atoms with van der Waals surface area (Å²) in [5.74, 6) is -0.227. The summed E-state index contributed by atoms with van der Waals surface area (Å²) in [4.78, 5) is 28.0. The van der Waals surface area contributed by atoms with Crippen molar-refractivity contribution in [2.75, 3.05) is 26.2 Å². The Morgan fingerprint density at radius 1 is 1.26 bits per heavy atom. The van der Waals surface area contributed by atoms with Crippen LogP contribution in [0.1, 0.15) is 52.5 Å². The first-order valence-corrected chi connectivity index (χ1v) is 11.7. The first-order valence-electron chi connectivity index (χ1n) is 11.3. The number of benzene rings is 1. The smallest absolute Gasteiger partial charge is 0.245 e. The van der Waals surface area contributed by atoms with E-state index in [1.807, 2.05) is 39.8 Å². The van der Waals surface area contributed by atoms with Gasteiger partial charge in [0.25, 0.3) is 0 Å². The summed E-state index contributed by atoms with van der Waals surface area (Å²) in [6.45, 7) is 10.3. The summed E-state index contributed by atoms with van der Waals surface area (Å²) in [5.41, 5.74) is -0.806. The second kappa shape index (κ2) is 9.47. The topological polar surface area (TPSA) is 81.7 Å². The van der Waals surface area contributed by atoms with E-state index in [1.54, 1.807) is 17.0 Å². The van der Waals surface area contributed by atoms with Gasteiger partial charge in [0.1, 0.15) is 6.04 Å². The number of nitrogens with one attached hydrogen (secondary N) is 2. The molecule has 3 rings (SSSR count). The lowest BCUT2D eigenvalue weighted by atomic mass is 9.66. The van der Waals surface area contributed by atoms with Gasteiger partial charge in [0.05, 0.1) is 11.5 Å². The Balaban J connectivity index is 1.72. The zero-order chi connectivity index (χ0) is 22.8. The molecule has 2 saturated heterocycles. The van der Waals surface area contributed by atoms with Gasteiger partial charge in [-0.15, -0.1) is 0 Å². The highest BCUT2D eigenvalue weighted by Crippen LogP contribution is 2.46. The van der Waals surface area contributed by atoms with E-state index in [0.29, 0.717) is 31.1 Å². The minimum absolute atomic E-state index is 0.0202. The highest BCUT2D eigenvalue weighted by molar-refractivity contribution is 6.30. The lowest BCUT2D eigenvalue weighted by Gasteiger charge is -2.51. The predicted molar refractivity (Wildman–Crippen MR) is 123 cm³/mol. The van der Waals surface area contributed by atoms with Crippen molar-refractivity contribution in [2.24, 2.45) is 17.3 Å². The first-order chi connectivity index (χ1) is 14.5. The monoisotopic (exact) mass is 449 g/mol. The van der Waals surface area contributed by atoms with Gasteiger partial charge in [0, 0.05) is 30.1 Å². The van der Waals surface area contributed by atoms with Crippen molar-refractivity contribution in [1.29, 1.82) is 0 Å². The Kier molecular flexibility index (Phi) is 7.34. The number of likely N-dealkylation sites (tertiary alicyclic amines) is 1. The molecule has 172 valence electrons. The molecule has 2 aliphatic heterocycles. The molecule has 3 unspecified atom stereocenters. The quantitative estimate of drug-likeness (QED) is 0.645. The zero-order valence-corrected chi connectivity index (χ0v) is 19.8. The number of aliphatic hydroxyl groups is 1. The van der Waals surface area contributed by atoms with Gasteiger partial charge in [-0.25, -0.2) is 0 Å². The minimum atomic E-state index is -1.06. The lowest BCUT2D eigenvalue weighted by molar-refractivity contribution is -0.157. The van der Waals surface area contributed by atoms with E-state index in [4.69, 9.17) is 11.6 Å². The van der Waals surface area contributed by atoms with Gasteiger partial charge in [-0.2, -0.15) is 0 Å². The maximum atomic E-state index is 13.4. The van der Waals surface area contributed by atoms with E-state index < -0.39 is 17.1 Å². The molecular formula is C24H36ClN3O3. The van der Waals surface area contributed by atoms with Gasteiger partial charge in [-0.05, 0) is 49.4 Å². The number of carbonyl (C=O) groups is 2. The molecule has 2 heterocycles. The van der Waals surface area contributed by atoms with Crippen LogP contribution >= 0.6 is 11.6 Å². The predicted octanol–water partition coefficient (Wildman–Crippen LogP) is 2.93. The summed E-state index contributed by atoms with van der Waals surface area (Å²) in [5, 5.41) is 18.5. The van der Waals surface area contributed by atoms with Gasteiger partial charge < -0.3 is 20.6 Å². The number of rotatable bonds is 5. The summed E-state index contributed by atoms with van der Waals surface area (Å²) in [6, 6.07) is 6.72. The SMILES string of the molecule is CC(C)C(NC(=O)C1CCCNC1)C(=O)N1CCC(O)(c2ccc(Cl)cc2)C(C)(C)C1. The summed E-state index contributed by atoms with van der Waals surface area (Å²) >= 11 is 6.02. The largest absolute Gasteiger partial charge is 0.384 e. The Morgan fingerprint density at radius 2 is 1.94 bits per heavy atom. The van der Waals surface area contributed by atoms with E-state index in [-0.39, 0.29) is 23.7 Å². The van der Waals surface area contributed by atoms with Crippen LogP contribution in [-0.2, 0) is 15.2 Å². The molecule has 0 aliphatic carbocycles. The molecule has 7 heteroatoms. The molecule has 0 bridgehead atoms. The molecule has 31 heavy (non-hydrogen) atoms. The zero-order valence-electron chi connectivity index (χ0n) is 19.1. The second-order valence-electron chi connectivity index (χ2n) is 10.0. The van der Waals surface area contributed by atoms with E-state index in [0.717, 1.165) is 24.9 Å². The van der Waals surface area contributed by atoms with Gasteiger partial charge in [-0.3, -0.25) is 9.59 Å². The van der Waals surface area contributed by atoms with E-state index in [9.17, 15) is 14.7 Å². The molecule has 3 N–H and O–H groups in total. The Bertz CT molecular complexity index is 790. The van der Waals surface area contributed by atoms with E-state index in [2.05, 4.69) is 10.6 Å². The number of hydrogen-bond donors (Lipinski definition) is 3. The van der Waals surface area contributed by atoms with Gasteiger partial charge >= 0.3 is 0 Å². The van der Waals surface area contributed by atoms with Crippen LogP contribution in [0, 0.1) is 17.3 Å². The summed E-state index contributed by atoms with van der Waals surface area (Å²) < 4.78 is 0. The van der Waals surface area contributed by atoms with E-state index in [1.165, 1.54) is 0 Å². The highest BCUT2D eigenvalue weighted by atomic mass is 35.5. The molecule has 0 aromatic heterocycles. The molecule has 3 atom stereocenters. The Morgan fingerprint density at radius 3 is 2.48 bits per heavy atom. The second-order valence-corrected chi connectivity index (χ2v) is 10.5. The van der Waals surface area contributed by atoms with Crippen molar-refractivity contribution in [3.05, 3.63) is 34.9 Å². The van der Waals surface area contributed by atoms with Crippen molar-refractivity contribution in [1.82, 2.24) is 15.5 Å². The van der Waals surface area contributed by atoms with Crippen molar-refractivity contribution >= 4 is 23.4 Å². The van der Waals surface area contributed by atoms with Crippen molar-refractivity contribution in [2.45, 2.75) is 58.6 Å². The first kappa shape index (κ1) is 24.0. The van der Waals surface area contributed by atoms with Crippen molar-refractivity contribution in [3.8, 4) is 0 Å². The molecule has 2 amide bonds. The van der Waals surface area contributed by atoms with Gasteiger partial charge in [-0.1, -0.05) is 51.4 Å². The fourth-order valence-corrected chi connectivity index (χ4v) is 4.95. The summed E-state index contributed by atoms with van der Waals surface area (Å²) in [6.07, 6.45) is 2.25. The Labute approximate surface area is 190 Å². The van der Waals surface area contributed by atoms with Crippen LogP contribution in [0.4, 0.5) is 0 Å². The van der Waals surface area contributed by atoms with Crippen LogP contribution in [-0.4, -0.2) is 54.0 Å². The Hall–Kier alpha value is -1.63. The van der Waals surface area contributed by atoms with Crippen LogP contribution in [0.2, 0.25) is 5.02 Å². The average molecular weight is 450 g/mol. The fourth-order valence-electron chi connectivity index (χ4n) is 4.83. The number of amides is 2. The highest BCUT2D eigenvalue weighted by Gasteiger charge is 2.50. The lowest BCUT2D eigenvalue weighted by Crippen LogP contribution is -2.61. The van der Waals surface area contributed by atoms with Crippen LogP contribution in [0.5, 0.6) is 0 Å². The number of nitrogens with zero attached hydrogens (tertiary/aromatic N) is 1. The molecular weight excluding hydrogens is 414 g/mol. The van der Waals surface area contributed by atoms with Crippen LogP contribution in [0.3, 0.4) is 0 Å². The molecule has 1 aromatic carbocycles. The van der Waals surface area contributed by atoms with Crippen molar-refractivity contribution < 1.29 is 14.7 Å². The molecule has 2 aliphatic rings. The van der Waals surface area contributed by atoms with Gasteiger partial charge in [0.15, 0.2) is 0 Å². The number of carbonyl (C=O) groups excluding carboxylic acids is 2. The minimum Gasteiger partial charge on any atom is -0.384 e. The fraction of sp³-hybridized carbons (Fsp3) is 0.667. The van der Waals surface area contributed by atoms with Crippen LogP contribution in [0.15, 0.2) is 24.3 Å². The molecule has 0 spiro atoms. The van der Waals surface area contributed by atoms with Crippen LogP contribution < -0.4 is 10.6 Å². The number of piperidine rings is 2. The molecule has 0 saturated carbocycles. The maximum Gasteiger partial charge on any atom is 0.245 e. The third kappa shape index (κ3) is 5.07. The standard InChI is InChI=1S/C24H36ClN3O3/c1-16(2)20(27-21(29)17-6-5-12-26-14-17)22(30)28-13-11-24(31,23(3,4)15-28)18-7-9-19(25)10-8-18/h7-10,16-17,20,26,31H,5-6,11-15H2,1-4H3,(H,27,29). The molecule has 6 nitrogen and oxygen atoms in total. The van der Waals surface area contributed by atoms with Gasteiger partial charge in [0.2, 0.25) is 11.8 Å². The molecule has 2 fully saturated rings. The third-order valence-corrected chi connectivity index (χ3v) is 7.23. The van der Waals surface area contributed by atoms with Crippen LogP contribution in [0.25, 0.3) is 0 Å². The molecule has 1 aromatic rings.